The lowest BCUT2D eigenvalue weighted by Gasteiger charge is -2.31. The van der Waals surface area contributed by atoms with Gasteiger partial charge in [-0.2, -0.15) is 0 Å². The Morgan fingerprint density at radius 1 is 0.625 bits per heavy atom. The van der Waals surface area contributed by atoms with Crippen LogP contribution < -0.4 is 5.73 Å². The van der Waals surface area contributed by atoms with Crippen LogP contribution in [0, 0.1) is 0 Å². The van der Waals surface area contributed by atoms with Gasteiger partial charge >= 0.3 is 0 Å². The van der Waals surface area contributed by atoms with Crippen molar-refractivity contribution in [3.05, 3.63) is 108 Å². The molecule has 2 heteroatoms. The van der Waals surface area contributed by atoms with Crippen molar-refractivity contribution >= 4 is 0 Å². The van der Waals surface area contributed by atoms with Crippen LogP contribution in [0.4, 0.5) is 0 Å². The summed E-state index contributed by atoms with van der Waals surface area (Å²) in [4.78, 5) is 2.46. The average molecular weight is 316 g/mol. The van der Waals surface area contributed by atoms with Crippen LogP contribution in [-0.2, 0) is 13.1 Å². The molecule has 1 unspecified atom stereocenters. The minimum atomic E-state index is 0.201. The first kappa shape index (κ1) is 16.4. The molecule has 0 radical (unpaired) electrons. The maximum absolute atomic E-state index is 6.17. The van der Waals surface area contributed by atoms with Gasteiger partial charge in [-0.15, -0.1) is 0 Å². The minimum absolute atomic E-state index is 0.201. The second kappa shape index (κ2) is 8.44. The quantitative estimate of drug-likeness (QED) is 0.700. The summed E-state index contributed by atoms with van der Waals surface area (Å²) in [6, 6.07) is 32.0. The molecule has 0 spiro atoms. The highest BCUT2D eigenvalue weighted by atomic mass is 15.2. The zero-order valence-corrected chi connectivity index (χ0v) is 13.9. The van der Waals surface area contributed by atoms with Crippen molar-refractivity contribution < 1.29 is 0 Å². The molecule has 3 rings (SSSR count). The summed E-state index contributed by atoms with van der Waals surface area (Å²) >= 11 is 0. The van der Waals surface area contributed by atoms with Gasteiger partial charge in [-0.25, -0.2) is 0 Å². The molecule has 0 heterocycles. The van der Waals surface area contributed by atoms with Gasteiger partial charge in [0.2, 0.25) is 0 Å². The maximum Gasteiger partial charge on any atom is 0.0477 e. The second-order valence-electron chi connectivity index (χ2n) is 6.04. The van der Waals surface area contributed by atoms with Gasteiger partial charge < -0.3 is 5.73 Å². The van der Waals surface area contributed by atoms with Crippen LogP contribution >= 0.6 is 0 Å². The third-order valence-electron chi connectivity index (χ3n) is 4.31. The molecule has 1 atom stereocenters. The van der Waals surface area contributed by atoms with Crippen molar-refractivity contribution in [1.82, 2.24) is 4.90 Å². The molecule has 0 aromatic heterocycles. The van der Waals surface area contributed by atoms with Crippen molar-refractivity contribution in [3.8, 4) is 0 Å². The Kier molecular flexibility index (Phi) is 5.78. The Morgan fingerprint density at radius 3 is 1.46 bits per heavy atom. The Balaban J connectivity index is 1.88. The molecular weight excluding hydrogens is 292 g/mol. The molecule has 0 aliphatic heterocycles. The third kappa shape index (κ3) is 4.31. The molecule has 0 amide bonds. The van der Waals surface area contributed by atoms with E-state index in [1.54, 1.807) is 0 Å². The van der Waals surface area contributed by atoms with Gasteiger partial charge in [0.15, 0.2) is 0 Å². The van der Waals surface area contributed by atoms with Crippen LogP contribution in [0.1, 0.15) is 22.7 Å². The second-order valence-corrected chi connectivity index (χ2v) is 6.04. The number of benzene rings is 3. The molecule has 122 valence electrons. The third-order valence-corrected chi connectivity index (χ3v) is 4.31. The molecular formula is C22H24N2. The number of rotatable bonds is 7. The first-order valence-electron chi connectivity index (χ1n) is 8.43. The topological polar surface area (TPSA) is 29.3 Å². The molecule has 0 bridgehead atoms. The first-order valence-corrected chi connectivity index (χ1v) is 8.43. The van der Waals surface area contributed by atoms with E-state index in [4.69, 9.17) is 5.73 Å². The normalized spacial score (nSPS) is 12.2. The fourth-order valence-corrected chi connectivity index (χ4v) is 3.08. The van der Waals surface area contributed by atoms with Crippen LogP contribution in [-0.4, -0.2) is 11.4 Å². The van der Waals surface area contributed by atoms with Crippen molar-refractivity contribution in [2.45, 2.75) is 19.1 Å². The lowest BCUT2D eigenvalue weighted by atomic mass is 10.0. The molecule has 0 saturated heterocycles. The van der Waals surface area contributed by atoms with Crippen molar-refractivity contribution in [2.24, 2.45) is 5.73 Å². The zero-order chi connectivity index (χ0) is 16.6. The van der Waals surface area contributed by atoms with Gasteiger partial charge in [0.05, 0.1) is 0 Å². The van der Waals surface area contributed by atoms with Crippen LogP contribution in [0.2, 0.25) is 0 Å². The summed E-state index contributed by atoms with van der Waals surface area (Å²) in [5.41, 5.74) is 10.1. The van der Waals surface area contributed by atoms with E-state index in [2.05, 4.69) is 95.9 Å². The largest absolute Gasteiger partial charge is 0.329 e. The first-order chi connectivity index (χ1) is 11.9. The van der Waals surface area contributed by atoms with E-state index in [9.17, 15) is 0 Å². The molecule has 3 aromatic carbocycles. The lowest BCUT2D eigenvalue weighted by Crippen LogP contribution is -2.33. The predicted octanol–water partition coefficient (Wildman–Crippen LogP) is 4.39. The fraction of sp³-hybridized carbons (Fsp3) is 0.182. The van der Waals surface area contributed by atoms with Gasteiger partial charge in [-0.05, 0) is 16.7 Å². The summed E-state index contributed by atoms with van der Waals surface area (Å²) < 4.78 is 0. The number of nitrogens with two attached hydrogens (primary N) is 1. The monoisotopic (exact) mass is 316 g/mol. The van der Waals surface area contributed by atoms with Crippen molar-refractivity contribution in [1.29, 1.82) is 0 Å². The summed E-state index contributed by atoms with van der Waals surface area (Å²) in [7, 11) is 0. The maximum atomic E-state index is 6.17. The van der Waals surface area contributed by atoms with E-state index in [-0.39, 0.29) is 6.04 Å². The Hall–Kier alpha value is -2.42. The molecule has 0 aliphatic rings. The molecule has 2 nitrogen and oxygen atoms in total. The van der Waals surface area contributed by atoms with E-state index in [1.165, 1.54) is 16.7 Å². The molecule has 0 saturated carbocycles. The Bertz CT molecular complexity index is 669. The van der Waals surface area contributed by atoms with E-state index < -0.39 is 0 Å². The van der Waals surface area contributed by atoms with Crippen molar-refractivity contribution in [2.75, 3.05) is 6.54 Å². The van der Waals surface area contributed by atoms with Gasteiger partial charge in [0, 0.05) is 25.7 Å². The van der Waals surface area contributed by atoms with Crippen molar-refractivity contribution in [3.63, 3.8) is 0 Å². The molecule has 2 N–H and O–H groups in total. The molecule has 0 fully saturated rings. The Morgan fingerprint density at radius 2 is 1.04 bits per heavy atom. The van der Waals surface area contributed by atoms with E-state index in [0.29, 0.717) is 6.54 Å². The van der Waals surface area contributed by atoms with E-state index in [1.807, 2.05) is 0 Å². The number of nitrogens with zero attached hydrogens (tertiary/aromatic N) is 1. The summed E-state index contributed by atoms with van der Waals surface area (Å²) in [6.45, 7) is 2.36. The van der Waals surface area contributed by atoms with Crippen LogP contribution in [0.15, 0.2) is 91.0 Å². The fourth-order valence-electron chi connectivity index (χ4n) is 3.08. The SMILES string of the molecule is NCC(c1ccccc1)N(Cc1ccccc1)Cc1ccccc1. The molecule has 0 aliphatic carbocycles. The smallest absolute Gasteiger partial charge is 0.0477 e. The summed E-state index contributed by atoms with van der Waals surface area (Å²) in [5, 5.41) is 0. The van der Waals surface area contributed by atoms with Crippen LogP contribution in [0.3, 0.4) is 0 Å². The van der Waals surface area contributed by atoms with E-state index in [0.717, 1.165) is 13.1 Å². The zero-order valence-electron chi connectivity index (χ0n) is 13.9. The number of hydrogen-bond acceptors (Lipinski definition) is 2. The molecule has 24 heavy (non-hydrogen) atoms. The van der Waals surface area contributed by atoms with Crippen LogP contribution in [0.25, 0.3) is 0 Å². The lowest BCUT2D eigenvalue weighted by molar-refractivity contribution is 0.183. The Labute approximate surface area is 144 Å². The standard InChI is InChI=1S/C22H24N2/c23-16-22(21-14-8-3-9-15-21)24(17-19-10-4-1-5-11-19)18-20-12-6-2-7-13-20/h1-15,22H,16-18,23H2. The van der Waals surface area contributed by atoms with Gasteiger partial charge in [0.1, 0.15) is 0 Å². The predicted molar refractivity (Wildman–Crippen MR) is 100 cm³/mol. The van der Waals surface area contributed by atoms with Gasteiger partial charge in [-0.1, -0.05) is 91.0 Å². The van der Waals surface area contributed by atoms with Gasteiger partial charge in [0.25, 0.3) is 0 Å². The summed E-state index contributed by atoms with van der Waals surface area (Å²) in [6.07, 6.45) is 0. The van der Waals surface area contributed by atoms with E-state index >= 15 is 0 Å². The number of hydrogen-bond donors (Lipinski definition) is 1. The highest BCUT2D eigenvalue weighted by molar-refractivity contribution is 5.22. The average Bonchev–Trinajstić information content (AvgIpc) is 2.65. The highest BCUT2D eigenvalue weighted by Crippen LogP contribution is 2.24. The minimum Gasteiger partial charge on any atom is -0.329 e. The van der Waals surface area contributed by atoms with Gasteiger partial charge in [-0.3, -0.25) is 4.90 Å². The summed E-state index contributed by atoms with van der Waals surface area (Å²) in [5.74, 6) is 0. The molecule has 3 aromatic rings. The van der Waals surface area contributed by atoms with Crippen LogP contribution in [0.5, 0.6) is 0 Å². The highest BCUT2D eigenvalue weighted by Gasteiger charge is 2.19.